The summed E-state index contributed by atoms with van der Waals surface area (Å²) in [5.74, 6) is -0.0679. The van der Waals surface area contributed by atoms with Gasteiger partial charge in [0.15, 0.2) is 0 Å². The van der Waals surface area contributed by atoms with Crippen molar-refractivity contribution in [3.8, 4) is 17.2 Å². The molecule has 0 spiro atoms. The number of carbonyl (C=O) groups excluding carboxylic acids is 3. The number of benzene rings is 6. The molecule has 0 heterocycles. The smallest absolute Gasteiger partial charge is 0.386 e. The summed E-state index contributed by atoms with van der Waals surface area (Å²) in [4.78, 5) is 40.3. The summed E-state index contributed by atoms with van der Waals surface area (Å²) in [5.41, 5.74) is 1.97. The number of nitrogens with one attached hydrogen (secondary N) is 3. The van der Waals surface area contributed by atoms with Gasteiger partial charge in [-0.25, -0.2) is 0 Å². The highest BCUT2D eigenvalue weighted by Gasteiger charge is 2.33. The molecule has 0 fully saturated rings. The molecule has 0 atom stereocenters. The van der Waals surface area contributed by atoms with Crippen molar-refractivity contribution < 1.29 is 32.5 Å². The van der Waals surface area contributed by atoms with Crippen LogP contribution in [0.4, 0.5) is 17.1 Å². The minimum absolute atomic E-state index is 0.264. The van der Waals surface area contributed by atoms with E-state index < -0.39 is 7.82 Å². The highest BCUT2D eigenvalue weighted by atomic mass is 32.2. The Morgan fingerprint density at radius 1 is 0.390 bits per heavy atom. The number of amides is 3. The maximum Gasteiger partial charge on any atom is 0.647 e. The van der Waals surface area contributed by atoms with E-state index in [9.17, 15) is 18.9 Å². The van der Waals surface area contributed by atoms with Crippen LogP contribution in [0.25, 0.3) is 0 Å². The van der Waals surface area contributed by atoms with Crippen LogP contribution in [0.5, 0.6) is 17.2 Å². The van der Waals surface area contributed by atoms with E-state index >= 15 is 0 Å². The maximum absolute atomic E-state index is 14.4. The molecule has 3 N–H and O–H groups in total. The number of carbonyl (C=O) groups is 3. The number of phosphoric ester groups is 1. The van der Waals surface area contributed by atoms with Gasteiger partial charge in [0, 0.05) is 46.4 Å². The Morgan fingerprint density at radius 3 is 0.797 bits per heavy atom. The van der Waals surface area contributed by atoms with Crippen LogP contribution in [0.1, 0.15) is 0 Å². The Balaban J connectivity index is 1.15. The van der Waals surface area contributed by atoms with Gasteiger partial charge in [-0.1, -0.05) is 55.0 Å². The fourth-order valence-electron chi connectivity index (χ4n) is 4.96. The van der Waals surface area contributed by atoms with Crippen LogP contribution in [-0.2, 0) is 18.9 Å². The first-order valence-corrected chi connectivity index (χ1v) is 21.6. The zero-order valence-electron chi connectivity index (χ0n) is 31.2. The van der Waals surface area contributed by atoms with Crippen molar-refractivity contribution in [3.05, 3.63) is 184 Å². The molecule has 6 aromatic carbocycles. The molecule has 0 aliphatic carbocycles. The van der Waals surface area contributed by atoms with Gasteiger partial charge in [-0.3, -0.25) is 14.4 Å². The molecule has 59 heavy (non-hydrogen) atoms. The third-order valence-corrected chi connectivity index (χ3v) is 12.1. The predicted octanol–water partition coefficient (Wildman–Crippen LogP) is 12.2. The van der Waals surface area contributed by atoms with Gasteiger partial charge in [0.05, 0.1) is 0 Å². The predicted molar refractivity (Wildman–Crippen MR) is 237 cm³/mol. The second kappa shape index (κ2) is 20.4. The van der Waals surface area contributed by atoms with Crippen molar-refractivity contribution in [1.29, 1.82) is 0 Å². The fourth-order valence-corrected chi connectivity index (χ4v) is 8.66. The van der Waals surface area contributed by atoms with Gasteiger partial charge in [0.25, 0.3) is 0 Å². The number of phosphoric acid groups is 1. The van der Waals surface area contributed by atoms with Gasteiger partial charge >= 0.3 is 7.82 Å². The standard InChI is InChI=1S/C45H36N3O7PS3/c1-4-43(49)46-31-7-19-37(20-8-31)57-40-25-13-34(14-26-40)53-56(52,54-35-15-27-41(28-16-35)58-38-21-9-32(10-22-38)47-44(50)5-2)55-36-17-29-42(30-18-36)59-39-23-11-33(12-24-39)48-45(51)6-3/h4-30H,1-3H2,(H,46,49)(H,47,50)(H,48,51). The molecule has 0 aliphatic rings. The topological polar surface area (TPSA) is 132 Å². The molecule has 0 aromatic heterocycles. The van der Waals surface area contributed by atoms with E-state index in [0.717, 1.165) is 29.4 Å². The molecule has 0 radical (unpaired) electrons. The molecular weight excluding hydrogens is 822 g/mol. The van der Waals surface area contributed by atoms with Gasteiger partial charge in [-0.2, -0.15) is 4.57 Å². The van der Waals surface area contributed by atoms with Crippen LogP contribution >= 0.6 is 43.1 Å². The summed E-state index contributed by atoms with van der Waals surface area (Å²) in [6.45, 7) is 10.4. The van der Waals surface area contributed by atoms with E-state index in [4.69, 9.17) is 13.6 Å². The summed E-state index contributed by atoms with van der Waals surface area (Å²) in [7, 11) is -4.33. The Morgan fingerprint density at radius 2 is 0.593 bits per heavy atom. The number of hydrogen-bond donors (Lipinski definition) is 3. The second-order valence-electron chi connectivity index (χ2n) is 12.1. The van der Waals surface area contributed by atoms with Crippen LogP contribution < -0.4 is 29.5 Å². The first-order chi connectivity index (χ1) is 28.6. The molecule has 3 amide bonds. The lowest BCUT2D eigenvalue weighted by molar-refractivity contribution is -0.112. The Kier molecular flexibility index (Phi) is 14.6. The SMILES string of the molecule is C=CC(=O)Nc1ccc(Sc2ccc(OP(=O)(Oc3ccc(Sc4ccc(NC(=O)C=C)cc4)cc3)Oc3ccc(Sc4ccc(NC(=O)C=C)cc4)cc3)cc2)cc1. The monoisotopic (exact) mass is 857 g/mol. The van der Waals surface area contributed by atoms with Crippen molar-refractivity contribution in [2.75, 3.05) is 16.0 Å². The lowest BCUT2D eigenvalue weighted by Crippen LogP contribution is -2.07. The maximum atomic E-state index is 14.4. The van der Waals surface area contributed by atoms with Gasteiger partial charge in [0.1, 0.15) is 17.2 Å². The molecule has 6 aromatic rings. The third-order valence-electron chi connectivity index (χ3n) is 7.75. The Bertz CT molecular complexity index is 2200. The zero-order chi connectivity index (χ0) is 41.6. The van der Waals surface area contributed by atoms with Crippen molar-refractivity contribution in [3.63, 3.8) is 0 Å². The first kappa shape index (κ1) is 42.2. The number of anilines is 3. The summed E-state index contributed by atoms with van der Waals surface area (Å²) in [6.07, 6.45) is 3.63. The van der Waals surface area contributed by atoms with Gasteiger partial charge in [-0.15, -0.1) is 0 Å². The number of rotatable bonds is 18. The van der Waals surface area contributed by atoms with Crippen LogP contribution in [0, 0.1) is 0 Å². The lowest BCUT2D eigenvalue weighted by atomic mass is 10.3. The van der Waals surface area contributed by atoms with Crippen LogP contribution in [0.2, 0.25) is 0 Å². The molecule has 6 rings (SSSR count). The molecule has 10 nitrogen and oxygen atoms in total. The summed E-state index contributed by atoms with van der Waals surface area (Å²) in [6, 6.07) is 43.2. The average molecular weight is 858 g/mol. The van der Waals surface area contributed by atoms with E-state index in [1.807, 2.05) is 72.8 Å². The van der Waals surface area contributed by atoms with E-state index in [-0.39, 0.29) is 35.0 Å². The number of hydrogen-bond acceptors (Lipinski definition) is 10. The molecule has 0 saturated heterocycles. The van der Waals surface area contributed by atoms with E-state index in [2.05, 4.69) is 35.7 Å². The summed E-state index contributed by atoms with van der Waals surface area (Å²) < 4.78 is 32.4. The van der Waals surface area contributed by atoms with Crippen LogP contribution in [0.15, 0.2) is 213 Å². The van der Waals surface area contributed by atoms with Gasteiger partial charge < -0.3 is 29.5 Å². The fraction of sp³-hybridized carbons (Fsp3) is 0. The second-order valence-corrected chi connectivity index (χ2v) is 17.0. The van der Waals surface area contributed by atoms with Crippen molar-refractivity contribution >= 4 is 77.9 Å². The van der Waals surface area contributed by atoms with E-state index in [0.29, 0.717) is 17.1 Å². The first-order valence-electron chi connectivity index (χ1n) is 17.7. The minimum atomic E-state index is -4.33. The highest BCUT2D eigenvalue weighted by Crippen LogP contribution is 2.50. The van der Waals surface area contributed by atoms with Crippen molar-refractivity contribution in [2.24, 2.45) is 0 Å². The van der Waals surface area contributed by atoms with Crippen LogP contribution in [-0.4, -0.2) is 17.7 Å². The lowest BCUT2D eigenvalue weighted by Gasteiger charge is -2.20. The Labute approximate surface area is 354 Å². The third kappa shape index (κ3) is 13.1. The van der Waals surface area contributed by atoms with Gasteiger partial charge in [0.2, 0.25) is 17.7 Å². The van der Waals surface area contributed by atoms with Crippen molar-refractivity contribution in [2.45, 2.75) is 29.4 Å². The molecular formula is C45H36N3O7PS3. The normalized spacial score (nSPS) is 10.7. The van der Waals surface area contributed by atoms with Gasteiger partial charge in [-0.05, 0) is 164 Å². The van der Waals surface area contributed by atoms with Crippen LogP contribution in [0.3, 0.4) is 0 Å². The summed E-state index contributed by atoms with van der Waals surface area (Å²) >= 11 is 4.50. The van der Waals surface area contributed by atoms with Crippen molar-refractivity contribution in [1.82, 2.24) is 0 Å². The summed E-state index contributed by atoms with van der Waals surface area (Å²) in [5, 5.41) is 8.18. The minimum Gasteiger partial charge on any atom is -0.386 e. The molecule has 296 valence electrons. The Hall–Kier alpha value is -6.37. The molecule has 0 bridgehead atoms. The molecule has 0 unspecified atom stereocenters. The quantitative estimate of drug-likeness (QED) is 0.0567. The van der Waals surface area contributed by atoms with E-state index in [1.165, 1.54) is 53.5 Å². The molecule has 0 saturated carbocycles. The molecule has 14 heteroatoms. The van der Waals surface area contributed by atoms with E-state index in [1.54, 1.807) is 72.8 Å². The highest BCUT2D eigenvalue weighted by molar-refractivity contribution is 7.99. The zero-order valence-corrected chi connectivity index (χ0v) is 34.6. The largest absolute Gasteiger partial charge is 0.647 e. The average Bonchev–Trinajstić information content (AvgIpc) is 3.25. The molecule has 0 aliphatic heterocycles.